The minimum atomic E-state index is -0.958. The van der Waals surface area contributed by atoms with E-state index in [0.29, 0.717) is 11.0 Å². The summed E-state index contributed by atoms with van der Waals surface area (Å²) in [5, 5.41) is 18.9. The SMILES string of the molecule is COC(=O)Cn1c(SCC(=O)O)nnc1-c1cccs1. The molecule has 0 aliphatic rings. The predicted octanol–water partition coefficient (Wildman–Crippen LogP) is 1.36. The van der Waals surface area contributed by atoms with E-state index in [1.807, 2.05) is 17.5 Å². The van der Waals surface area contributed by atoms with Crippen molar-refractivity contribution in [2.24, 2.45) is 0 Å². The van der Waals surface area contributed by atoms with E-state index in [1.54, 1.807) is 4.57 Å². The number of carboxylic acids is 1. The summed E-state index contributed by atoms with van der Waals surface area (Å²) < 4.78 is 6.20. The molecule has 0 bridgehead atoms. The molecule has 0 aromatic carbocycles. The van der Waals surface area contributed by atoms with E-state index >= 15 is 0 Å². The number of nitrogens with zero attached hydrogens (tertiary/aromatic N) is 3. The van der Waals surface area contributed by atoms with Crippen LogP contribution in [0.3, 0.4) is 0 Å². The van der Waals surface area contributed by atoms with Crippen LogP contribution in [0.1, 0.15) is 0 Å². The molecule has 0 saturated carbocycles. The molecule has 0 atom stereocenters. The van der Waals surface area contributed by atoms with E-state index in [-0.39, 0.29) is 12.3 Å². The third kappa shape index (κ3) is 3.36. The molecule has 20 heavy (non-hydrogen) atoms. The van der Waals surface area contributed by atoms with Crippen LogP contribution in [0, 0.1) is 0 Å². The summed E-state index contributed by atoms with van der Waals surface area (Å²) in [5.74, 6) is -1.03. The summed E-state index contributed by atoms with van der Waals surface area (Å²) >= 11 is 2.47. The first-order valence-electron chi connectivity index (χ1n) is 5.50. The fourth-order valence-corrected chi connectivity index (χ4v) is 2.82. The molecule has 0 fully saturated rings. The Morgan fingerprint density at radius 3 is 2.90 bits per heavy atom. The van der Waals surface area contributed by atoms with Gasteiger partial charge >= 0.3 is 11.9 Å². The Morgan fingerprint density at radius 2 is 2.30 bits per heavy atom. The number of aliphatic carboxylic acids is 1. The van der Waals surface area contributed by atoms with E-state index < -0.39 is 11.9 Å². The van der Waals surface area contributed by atoms with Gasteiger partial charge in [0.1, 0.15) is 6.54 Å². The number of carbonyl (C=O) groups is 2. The molecular weight excluding hydrogens is 302 g/mol. The van der Waals surface area contributed by atoms with Crippen LogP contribution in [0.15, 0.2) is 22.7 Å². The molecular formula is C11H11N3O4S2. The lowest BCUT2D eigenvalue weighted by molar-refractivity contribution is -0.141. The van der Waals surface area contributed by atoms with Gasteiger partial charge in [-0.15, -0.1) is 21.5 Å². The van der Waals surface area contributed by atoms with Crippen molar-refractivity contribution in [3.8, 4) is 10.7 Å². The molecule has 2 aromatic rings. The molecule has 0 aliphatic heterocycles. The maximum atomic E-state index is 11.5. The van der Waals surface area contributed by atoms with Crippen molar-refractivity contribution in [3.05, 3.63) is 17.5 Å². The van der Waals surface area contributed by atoms with Gasteiger partial charge in [-0.2, -0.15) is 0 Å². The first-order valence-corrected chi connectivity index (χ1v) is 7.37. The quantitative estimate of drug-likeness (QED) is 0.635. The summed E-state index contributed by atoms with van der Waals surface area (Å²) in [4.78, 5) is 23.0. The van der Waals surface area contributed by atoms with Gasteiger partial charge in [0, 0.05) is 0 Å². The molecule has 0 unspecified atom stereocenters. The maximum Gasteiger partial charge on any atom is 0.325 e. The van der Waals surface area contributed by atoms with Crippen molar-refractivity contribution in [2.45, 2.75) is 11.7 Å². The summed E-state index contributed by atoms with van der Waals surface area (Å²) in [5.41, 5.74) is 0. The van der Waals surface area contributed by atoms with E-state index in [2.05, 4.69) is 14.9 Å². The number of ether oxygens (including phenoxy) is 1. The molecule has 106 valence electrons. The zero-order chi connectivity index (χ0) is 14.5. The average Bonchev–Trinajstić information content (AvgIpc) is 3.05. The lowest BCUT2D eigenvalue weighted by atomic mass is 10.4. The maximum absolute atomic E-state index is 11.5. The standard InChI is InChI=1S/C11H11N3O4S2/c1-18-9(17)5-14-10(7-3-2-4-19-7)12-13-11(14)20-6-8(15)16/h2-4H,5-6H2,1H3,(H,15,16). The third-order valence-electron chi connectivity index (χ3n) is 2.30. The van der Waals surface area contributed by atoms with Crippen LogP contribution in [0.5, 0.6) is 0 Å². The average molecular weight is 313 g/mol. The van der Waals surface area contributed by atoms with Crippen LogP contribution in [0.2, 0.25) is 0 Å². The lowest BCUT2D eigenvalue weighted by Crippen LogP contribution is -2.14. The third-order valence-corrected chi connectivity index (χ3v) is 4.12. The fraction of sp³-hybridized carbons (Fsp3) is 0.273. The number of rotatable bonds is 6. The molecule has 7 nitrogen and oxygen atoms in total. The monoisotopic (exact) mass is 313 g/mol. The second-order valence-corrected chi connectivity index (χ2v) is 5.52. The molecule has 0 spiro atoms. The molecule has 2 heterocycles. The number of hydrogen-bond donors (Lipinski definition) is 1. The molecule has 1 N–H and O–H groups in total. The van der Waals surface area contributed by atoms with Crippen LogP contribution in [-0.4, -0.2) is 44.7 Å². The van der Waals surface area contributed by atoms with Crippen LogP contribution in [-0.2, 0) is 20.9 Å². The van der Waals surface area contributed by atoms with Gasteiger partial charge in [0.05, 0.1) is 17.7 Å². The molecule has 9 heteroatoms. The van der Waals surface area contributed by atoms with Crippen LogP contribution >= 0.6 is 23.1 Å². The van der Waals surface area contributed by atoms with Crippen LogP contribution in [0.4, 0.5) is 0 Å². The minimum absolute atomic E-state index is 0.0569. The number of hydrogen-bond acceptors (Lipinski definition) is 7. The lowest BCUT2D eigenvalue weighted by Gasteiger charge is -2.07. The first-order chi connectivity index (χ1) is 9.61. The Hall–Kier alpha value is -1.87. The second-order valence-electron chi connectivity index (χ2n) is 3.63. The van der Waals surface area contributed by atoms with E-state index in [0.717, 1.165) is 16.6 Å². The van der Waals surface area contributed by atoms with Crippen molar-refractivity contribution >= 4 is 35.0 Å². The number of thiophene rings is 1. The van der Waals surface area contributed by atoms with Gasteiger partial charge < -0.3 is 9.84 Å². The Bertz CT molecular complexity index is 609. The van der Waals surface area contributed by atoms with E-state index in [9.17, 15) is 9.59 Å². The Labute approximate surface area is 122 Å². The molecule has 0 saturated heterocycles. The van der Waals surface area contributed by atoms with E-state index in [1.165, 1.54) is 18.4 Å². The Kier molecular flexibility index (Phi) is 4.74. The van der Waals surface area contributed by atoms with Crippen molar-refractivity contribution in [1.82, 2.24) is 14.8 Å². The smallest absolute Gasteiger partial charge is 0.325 e. The second kappa shape index (κ2) is 6.53. The van der Waals surface area contributed by atoms with Gasteiger partial charge in [-0.3, -0.25) is 14.2 Å². The predicted molar refractivity (Wildman–Crippen MR) is 73.7 cm³/mol. The highest BCUT2D eigenvalue weighted by molar-refractivity contribution is 7.99. The highest BCUT2D eigenvalue weighted by Gasteiger charge is 2.18. The molecule has 0 aliphatic carbocycles. The number of carbonyl (C=O) groups excluding carboxylic acids is 1. The number of esters is 1. The summed E-state index contributed by atoms with van der Waals surface area (Å²) in [6.07, 6.45) is 0. The van der Waals surface area contributed by atoms with Crippen molar-refractivity contribution in [1.29, 1.82) is 0 Å². The summed E-state index contributed by atoms with van der Waals surface area (Å²) in [6.45, 7) is -0.0569. The largest absolute Gasteiger partial charge is 0.481 e. The van der Waals surface area contributed by atoms with Gasteiger partial charge in [-0.1, -0.05) is 17.8 Å². The van der Waals surface area contributed by atoms with Crippen LogP contribution < -0.4 is 0 Å². The minimum Gasteiger partial charge on any atom is -0.481 e. The van der Waals surface area contributed by atoms with Gasteiger partial charge in [0.25, 0.3) is 0 Å². The number of aromatic nitrogens is 3. The fourth-order valence-electron chi connectivity index (χ4n) is 1.45. The topological polar surface area (TPSA) is 94.3 Å². The van der Waals surface area contributed by atoms with Gasteiger partial charge in [0.2, 0.25) is 0 Å². The zero-order valence-electron chi connectivity index (χ0n) is 10.5. The van der Waals surface area contributed by atoms with Crippen LogP contribution in [0.25, 0.3) is 10.7 Å². The summed E-state index contributed by atoms with van der Waals surface area (Å²) in [7, 11) is 1.29. The number of methoxy groups -OCH3 is 1. The molecule has 0 radical (unpaired) electrons. The Balaban J connectivity index is 2.32. The van der Waals surface area contributed by atoms with Gasteiger partial charge in [0.15, 0.2) is 11.0 Å². The number of carboxylic acid groups (broad SMARTS) is 1. The normalized spacial score (nSPS) is 10.4. The summed E-state index contributed by atoms with van der Waals surface area (Å²) in [6, 6.07) is 3.72. The van der Waals surface area contributed by atoms with Crippen molar-refractivity contribution in [3.63, 3.8) is 0 Å². The molecule has 0 amide bonds. The molecule has 2 rings (SSSR count). The van der Waals surface area contributed by atoms with Gasteiger partial charge in [-0.25, -0.2) is 0 Å². The van der Waals surface area contributed by atoms with Gasteiger partial charge in [-0.05, 0) is 11.4 Å². The van der Waals surface area contributed by atoms with E-state index in [4.69, 9.17) is 5.11 Å². The molecule has 2 aromatic heterocycles. The highest BCUT2D eigenvalue weighted by Crippen LogP contribution is 2.27. The van der Waals surface area contributed by atoms with Crippen molar-refractivity contribution < 1.29 is 19.4 Å². The zero-order valence-corrected chi connectivity index (χ0v) is 12.1. The number of thioether (sulfide) groups is 1. The van der Waals surface area contributed by atoms with Crippen molar-refractivity contribution in [2.75, 3.05) is 12.9 Å². The highest BCUT2D eigenvalue weighted by atomic mass is 32.2. The Morgan fingerprint density at radius 1 is 1.50 bits per heavy atom. The first kappa shape index (κ1) is 14.5.